The van der Waals surface area contributed by atoms with Crippen LogP contribution in [0, 0.1) is 0 Å². The summed E-state index contributed by atoms with van der Waals surface area (Å²) >= 11 is 1.66. The molecule has 2 bridgehead atoms. The highest BCUT2D eigenvalue weighted by Crippen LogP contribution is 2.36. The van der Waals surface area contributed by atoms with Gasteiger partial charge in [-0.2, -0.15) is 0 Å². The number of nitrogens with zero attached hydrogens (tertiary/aromatic N) is 2. The zero-order valence-corrected chi connectivity index (χ0v) is 15.3. The van der Waals surface area contributed by atoms with E-state index in [0.717, 1.165) is 23.4 Å². The van der Waals surface area contributed by atoms with Gasteiger partial charge in [-0.15, -0.1) is 11.3 Å². The van der Waals surface area contributed by atoms with Crippen molar-refractivity contribution in [2.24, 2.45) is 0 Å². The minimum Gasteiger partial charge on any atom is -0.446 e. The Morgan fingerprint density at radius 1 is 1.16 bits per heavy atom. The summed E-state index contributed by atoms with van der Waals surface area (Å²) in [5.41, 5.74) is 0.886. The minimum absolute atomic E-state index is 0.0377. The number of carbonyl (C=O) groups excluding carboxylic acids is 1. The molecule has 0 aliphatic carbocycles. The van der Waals surface area contributed by atoms with Crippen LogP contribution in [0.1, 0.15) is 30.6 Å². The van der Waals surface area contributed by atoms with Gasteiger partial charge in [-0.05, 0) is 43.5 Å². The Hall–Kier alpha value is -1.85. The second-order valence-electron chi connectivity index (χ2n) is 7.03. The minimum atomic E-state index is -0.228. The number of fused-ring (bicyclic) bond motifs is 2. The maximum atomic E-state index is 12.9. The molecular weight excluding hydrogens is 332 g/mol. The molecule has 5 heteroatoms. The van der Waals surface area contributed by atoms with Gasteiger partial charge in [0.25, 0.3) is 0 Å². The Balaban J connectivity index is 1.48. The lowest BCUT2D eigenvalue weighted by Crippen LogP contribution is -2.45. The first-order chi connectivity index (χ1) is 12.2. The van der Waals surface area contributed by atoms with Gasteiger partial charge in [-0.1, -0.05) is 24.3 Å². The molecule has 3 heterocycles. The number of hydrogen-bond acceptors (Lipinski definition) is 4. The highest BCUT2D eigenvalue weighted by Gasteiger charge is 2.40. The lowest BCUT2D eigenvalue weighted by molar-refractivity contribution is 0.0314. The van der Waals surface area contributed by atoms with Crippen LogP contribution in [0.3, 0.4) is 0 Å². The summed E-state index contributed by atoms with van der Waals surface area (Å²) < 4.78 is 5.95. The van der Waals surface area contributed by atoms with Crippen LogP contribution in [0.25, 0.3) is 0 Å². The average molecular weight is 356 g/mol. The fourth-order valence-corrected chi connectivity index (χ4v) is 4.78. The first-order valence-electron chi connectivity index (χ1n) is 8.98. The number of piperidine rings is 1. The molecule has 1 aromatic carbocycles. The summed E-state index contributed by atoms with van der Waals surface area (Å²) in [5, 5.41) is 2.04. The molecule has 2 aliphatic heterocycles. The van der Waals surface area contributed by atoms with Crippen molar-refractivity contribution < 1.29 is 9.53 Å². The quantitative estimate of drug-likeness (QED) is 0.808. The van der Waals surface area contributed by atoms with Crippen molar-refractivity contribution in [3.63, 3.8) is 0 Å². The van der Waals surface area contributed by atoms with E-state index >= 15 is 0 Å². The molecule has 4 nitrogen and oxygen atoms in total. The van der Waals surface area contributed by atoms with E-state index in [1.165, 1.54) is 12.8 Å². The van der Waals surface area contributed by atoms with Crippen LogP contribution in [0.4, 0.5) is 10.5 Å². The van der Waals surface area contributed by atoms with Crippen molar-refractivity contribution in [2.45, 2.75) is 50.4 Å². The summed E-state index contributed by atoms with van der Waals surface area (Å²) in [6.45, 7) is 0.556. The van der Waals surface area contributed by atoms with Gasteiger partial charge in [0, 0.05) is 35.5 Å². The largest absolute Gasteiger partial charge is 0.446 e. The maximum absolute atomic E-state index is 12.9. The number of rotatable bonds is 4. The summed E-state index contributed by atoms with van der Waals surface area (Å²) in [5.74, 6) is 0. The van der Waals surface area contributed by atoms with Crippen LogP contribution in [0.2, 0.25) is 0 Å². The van der Waals surface area contributed by atoms with Gasteiger partial charge in [0.1, 0.15) is 6.10 Å². The molecule has 2 saturated heterocycles. The van der Waals surface area contributed by atoms with E-state index in [1.54, 1.807) is 16.2 Å². The molecule has 4 rings (SSSR count). The third-order valence-corrected chi connectivity index (χ3v) is 6.37. The summed E-state index contributed by atoms with van der Waals surface area (Å²) in [4.78, 5) is 18.3. The monoisotopic (exact) mass is 356 g/mol. The van der Waals surface area contributed by atoms with E-state index in [0.29, 0.717) is 18.6 Å². The average Bonchev–Trinajstić information content (AvgIpc) is 3.19. The zero-order valence-electron chi connectivity index (χ0n) is 14.5. The lowest BCUT2D eigenvalue weighted by Gasteiger charge is -2.36. The first kappa shape index (κ1) is 16.6. The van der Waals surface area contributed by atoms with Gasteiger partial charge in [-0.3, -0.25) is 4.90 Å². The second kappa shape index (κ2) is 7.18. The van der Waals surface area contributed by atoms with Gasteiger partial charge >= 0.3 is 6.09 Å². The molecule has 0 radical (unpaired) electrons. The van der Waals surface area contributed by atoms with E-state index in [2.05, 4.69) is 18.0 Å². The third kappa shape index (κ3) is 3.58. The molecule has 1 unspecified atom stereocenters. The Morgan fingerprint density at radius 2 is 1.88 bits per heavy atom. The first-order valence-corrected chi connectivity index (χ1v) is 9.86. The van der Waals surface area contributed by atoms with Crippen molar-refractivity contribution in [1.82, 2.24) is 4.90 Å². The Kier molecular flexibility index (Phi) is 4.77. The molecule has 0 N–H and O–H groups in total. The number of thiophene rings is 1. The third-order valence-electron chi connectivity index (χ3n) is 5.50. The predicted molar refractivity (Wildman–Crippen MR) is 101 cm³/mol. The summed E-state index contributed by atoms with van der Waals surface area (Å²) in [6, 6.07) is 15.0. The number of benzene rings is 1. The normalized spacial score (nSPS) is 25.7. The molecule has 0 saturated carbocycles. The van der Waals surface area contributed by atoms with Crippen LogP contribution in [-0.2, 0) is 11.3 Å². The van der Waals surface area contributed by atoms with Crippen molar-refractivity contribution in [2.75, 3.05) is 11.9 Å². The van der Waals surface area contributed by atoms with Gasteiger partial charge < -0.3 is 9.64 Å². The van der Waals surface area contributed by atoms with E-state index in [9.17, 15) is 4.79 Å². The maximum Gasteiger partial charge on any atom is 0.414 e. The van der Waals surface area contributed by atoms with Crippen molar-refractivity contribution in [3.8, 4) is 0 Å². The van der Waals surface area contributed by atoms with Crippen LogP contribution in [-0.4, -0.2) is 36.2 Å². The summed E-state index contributed by atoms with van der Waals surface area (Å²) in [6.07, 6.45) is 4.18. The molecule has 132 valence electrons. The van der Waals surface area contributed by atoms with Gasteiger partial charge in [0.15, 0.2) is 0 Å². The number of ether oxygens (including phenoxy) is 1. The number of para-hydroxylation sites is 1. The SMILES string of the molecule is CN1[C@@H]2CC[C@H]1CC(OC(=O)N(Cc1cccs1)c1ccccc1)C2. The van der Waals surface area contributed by atoms with Gasteiger partial charge in [0.05, 0.1) is 6.54 Å². The molecule has 1 aromatic heterocycles. The van der Waals surface area contributed by atoms with Crippen LogP contribution < -0.4 is 4.90 Å². The van der Waals surface area contributed by atoms with E-state index in [1.807, 2.05) is 41.8 Å². The van der Waals surface area contributed by atoms with E-state index in [-0.39, 0.29) is 12.2 Å². The number of anilines is 1. The molecule has 3 atom stereocenters. The topological polar surface area (TPSA) is 32.8 Å². The summed E-state index contributed by atoms with van der Waals surface area (Å²) in [7, 11) is 2.20. The van der Waals surface area contributed by atoms with Gasteiger partial charge in [0.2, 0.25) is 0 Å². The standard InChI is InChI=1S/C20H24N2O2S/c1-21-16-9-10-17(21)13-18(12-16)24-20(23)22(14-19-8-5-11-25-19)15-6-3-2-4-7-15/h2-8,11,16-18H,9-10,12-14H2,1H3/t16-,17+,18?. The van der Waals surface area contributed by atoms with Crippen LogP contribution in [0.5, 0.6) is 0 Å². The highest BCUT2D eigenvalue weighted by atomic mass is 32.1. The molecule has 25 heavy (non-hydrogen) atoms. The lowest BCUT2D eigenvalue weighted by atomic mass is 10.0. The van der Waals surface area contributed by atoms with E-state index in [4.69, 9.17) is 4.74 Å². The number of hydrogen-bond donors (Lipinski definition) is 0. The predicted octanol–water partition coefficient (Wildman–Crippen LogP) is 4.52. The Bertz CT molecular complexity index is 690. The zero-order chi connectivity index (χ0) is 17.2. The fourth-order valence-electron chi connectivity index (χ4n) is 4.09. The Morgan fingerprint density at radius 3 is 2.52 bits per heavy atom. The van der Waals surface area contributed by atoms with Crippen molar-refractivity contribution >= 4 is 23.1 Å². The van der Waals surface area contributed by atoms with Crippen molar-refractivity contribution in [1.29, 1.82) is 0 Å². The molecule has 2 fully saturated rings. The fraction of sp³-hybridized carbons (Fsp3) is 0.450. The molecule has 2 aromatic rings. The van der Waals surface area contributed by atoms with E-state index < -0.39 is 0 Å². The smallest absolute Gasteiger partial charge is 0.414 e. The molecule has 2 aliphatic rings. The molecule has 1 amide bonds. The highest BCUT2D eigenvalue weighted by molar-refractivity contribution is 7.09. The van der Waals surface area contributed by atoms with Crippen LogP contribution in [0.15, 0.2) is 47.8 Å². The van der Waals surface area contributed by atoms with Crippen molar-refractivity contribution in [3.05, 3.63) is 52.7 Å². The number of amides is 1. The Labute approximate surface area is 153 Å². The van der Waals surface area contributed by atoms with Gasteiger partial charge in [-0.25, -0.2) is 4.79 Å². The number of carbonyl (C=O) groups is 1. The molecular formula is C20H24N2O2S. The molecule has 0 spiro atoms. The second-order valence-corrected chi connectivity index (χ2v) is 8.06. The van der Waals surface area contributed by atoms with Crippen LogP contribution >= 0.6 is 11.3 Å².